The fraction of sp³-hybridized carbons (Fsp3) is 0.320. The quantitative estimate of drug-likeness (QED) is 0.543. The van der Waals surface area contributed by atoms with Crippen LogP contribution in [0.15, 0.2) is 54.7 Å². The van der Waals surface area contributed by atoms with Crippen molar-refractivity contribution in [2.75, 3.05) is 26.7 Å². The van der Waals surface area contributed by atoms with Crippen LogP contribution in [0.3, 0.4) is 0 Å². The molecule has 2 heterocycles. The number of hydrogen-bond donors (Lipinski definition) is 2. The van der Waals surface area contributed by atoms with Crippen LogP contribution in [0.4, 0.5) is 0 Å². The van der Waals surface area contributed by atoms with Gasteiger partial charge in [0.2, 0.25) is 5.88 Å². The summed E-state index contributed by atoms with van der Waals surface area (Å²) >= 11 is 0. The molecule has 3 aromatic rings. The first-order chi connectivity index (χ1) is 16.1. The first-order valence-corrected chi connectivity index (χ1v) is 10.9. The number of aromatic nitrogens is 2. The van der Waals surface area contributed by atoms with E-state index in [0.717, 1.165) is 34.4 Å². The molecular weight excluding hydrogens is 420 g/mol. The average molecular weight is 449 g/mol. The number of hydrogen-bond acceptors (Lipinski definition) is 7. The predicted octanol–water partition coefficient (Wildman–Crippen LogP) is 2.90. The fourth-order valence-corrected chi connectivity index (χ4v) is 4.04. The van der Waals surface area contributed by atoms with Gasteiger partial charge in [0.05, 0.1) is 7.11 Å². The lowest BCUT2D eigenvalue weighted by molar-refractivity contribution is -0.144. The van der Waals surface area contributed by atoms with Crippen LogP contribution >= 0.6 is 0 Å². The SMILES string of the molecule is COc1nc(OCc2cccc(-c3ccccc3)c2C)ncc1CN1CCNCC1C(=O)O. The lowest BCUT2D eigenvalue weighted by Gasteiger charge is -2.33. The van der Waals surface area contributed by atoms with E-state index in [2.05, 4.69) is 40.4 Å². The number of ether oxygens (including phenoxy) is 2. The molecule has 0 bridgehead atoms. The van der Waals surface area contributed by atoms with E-state index in [0.29, 0.717) is 32.1 Å². The summed E-state index contributed by atoms with van der Waals surface area (Å²) in [5.74, 6) is -0.465. The highest BCUT2D eigenvalue weighted by Gasteiger charge is 2.29. The van der Waals surface area contributed by atoms with E-state index >= 15 is 0 Å². The number of benzene rings is 2. The molecule has 0 saturated carbocycles. The highest BCUT2D eigenvalue weighted by Crippen LogP contribution is 2.27. The van der Waals surface area contributed by atoms with Crippen molar-refractivity contribution in [3.8, 4) is 23.0 Å². The van der Waals surface area contributed by atoms with Gasteiger partial charge in [-0.2, -0.15) is 4.98 Å². The van der Waals surface area contributed by atoms with E-state index in [4.69, 9.17) is 9.47 Å². The molecule has 1 saturated heterocycles. The van der Waals surface area contributed by atoms with Crippen LogP contribution in [-0.2, 0) is 17.9 Å². The summed E-state index contributed by atoms with van der Waals surface area (Å²) in [5.41, 5.74) is 5.24. The van der Waals surface area contributed by atoms with Gasteiger partial charge in [0.15, 0.2) is 0 Å². The first kappa shape index (κ1) is 22.7. The molecule has 8 nitrogen and oxygen atoms in total. The third-order valence-electron chi connectivity index (χ3n) is 5.90. The largest absolute Gasteiger partial charge is 0.481 e. The molecule has 172 valence electrons. The molecule has 1 aromatic heterocycles. The van der Waals surface area contributed by atoms with Crippen molar-refractivity contribution >= 4 is 5.97 Å². The molecule has 1 atom stereocenters. The van der Waals surface area contributed by atoms with E-state index in [1.165, 1.54) is 7.11 Å². The minimum Gasteiger partial charge on any atom is -0.481 e. The highest BCUT2D eigenvalue weighted by atomic mass is 16.5. The predicted molar refractivity (Wildman–Crippen MR) is 124 cm³/mol. The topological polar surface area (TPSA) is 96.8 Å². The molecule has 0 spiro atoms. The van der Waals surface area contributed by atoms with Crippen molar-refractivity contribution in [3.63, 3.8) is 0 Å². The van der Waals surface area contributed by atoms with Gasteiger partial charge < -0.3 is 19.9 Å². The Hall–Kier alpha value is -3.49. The smallest absolute Gasteiger partial charge is 0.322 e. The van der Waals surface area contributed by atoms with E-state index < -0.39 is 12.0 Å². The minimum atomic E-state index is -0.852. The van der Waals surface area contributed by atoms with E-state index in [1.807, 2.05) is 35.2 Å². The van der Waals surface area contributed by atoms with Gasteiger partial charge in [-0.25, -0.2) is 4.98 Å². The number of nitrogens with one attached hydrogen (secondary N) is 1. The molecule has 1 unspecified atom stereocenters. The fourth-order valence-electron chi connectivity index (χ4n) is 4.04. The van der Waals surface area contributed by atoms with E-state index in [-0.39, 0.29) is 6.01 Å². The molecule has 1 aliphatic rings. The zero-order valence-electron chi connectivity index (χ0n) is 18.8. The van der Waals surface area contributed by atoms with Crippen LogP contribution in [0, 0.1) is 6.92 Å². The van der Waals surface area contributed by atoms with Gasteiger partial charge in [0.25, 0.3) is 0 Å². The molecule has 0 aliphatic carbocycles. The third kappa shape index (κ3) is 5.30. The maximum absolute atomic E-state index is 11.6. The van der Waals surface area contributed by atoms with Gasteiger partial charge in [-0.1, -0.05) is 48.5 Å². The van der Waals surface area contributed by atoms with Crippen LogP contribution < -0.4 is 14.8 Å². The Balaban J connectivity index is 1.47. The summed E-state index contributed by atoms with van der Waals surface area (Å²) in [7, 11) is 1.54. The van der Waals surface area contributed by atoms with E-state index in [1.54, 1.807) is 6.20 Å². The van der Waals surface area contributed by atoms with Crippen molar-refractivity contribution in [2.24, 2.45) is 0 Å². The molecule has 1 aliphatic heterocycles. The Morgan fingerprint density at radius 1 is 1.18 bits per heavy atom. The second kappa shape index (κ2) is 10.4. The Bertz CT molecular complexity index is 1110. The summed E-state index contributed by atoms with van der Waals surface area (Å²) < 4.78 is 11.3. The number of methoxy groups -OCH3 is 1. The van der Waals surface area contributed by atoms with Crippen molar-refractivity contribution in [1.29, 1.82) is 0 Å². The summed E-state index contributed by atoms with van der Waals surface area (Å²) in [6, 6.07) is 16.0. The summed E-state index contributed by atoms with van der Waals surface area (Å²) in [4.78, 5) is 22.2. The molecule has 4 rings (SSSR count). The standard InChI is InChI=1S/C25H28N4O4/c1-17-19(9-6-10-21(17)18-7-4-3-5-8-18)16-33-25-27-13-20(23(28-25)32-2)15-29-12-11-26-14-22(29)24(30)31/h3-10,13,22,26H,11-12,14-16H2,1-2H3,(H,30,31). The van der Waals surface area contributed by atoms with Crippen molar-refractivity contribution in [3.05, 3.63) is 71.4 Å². The zero-order valence-corrected chi connectivity index (χ0v) is 18.8. The molecule has 8 heteroatoms. The summed E-state index contributed by atoms with van der Waals surface area (Å²) in [5, 5.41) is 12.6. The molecule has 0 amide bonds. The maximum atomic E-state index is 11.6. The van der Waals surface area contributed by atoms with Crippen LogP contribution in [-0.4, -0.2) is 58.7 Å². The summed E-state index contributed by atoms with van der Waals surface area (Å²) in [6.07, 6.45) is 1.65. The first-order valence-electron chi connectivity index (χ1n) is 10.9. The third-order valence-corrected chi connectivity index (χ3v) is 5.90. The number of aliphatic carboxylic acids is 1. The Labute approximate surface area is 193 Å². The second-order valence-corrected chi connectivity index (χ2v) is 7.96. The van der Waals surface area contributed by atoms with E-state index in [9.17, 15) is 9.90 Å². The number of nitrogens with zero attached hydrogens (tertiary/aromatic N) is 3. The van der Waals surface area contributed by atoms with Crippen molar-refractivity contribution in [1.82, 2.24) is 20.2 Å². The van der Waals surface area contributed by atoms with Gasteiger partial charge >= 0.3 is 12.0 Å². The number of piperazine rings is 1. The number of carbonyl (C=O) groups is 1. The zero-order chi connectivity index (χ0) is 23.2. The second-order valence-electron chi connectivity index (χ2n) is 7.96. The normalized spacial score (nSPS) is 16.4. The molecular formula is C25H28N4O4. The van der Waals surface area contributed by atoms with Gasteiger partial charge in [-0.05, 0) is 29.2 Å². The minimum absolute atomic E-state index is 0.218. The molecule has 33 heavy (non-hydrogen) atoms. The maximum Gasteiger partial charge on any atom is 0.322 e. The molecule has 0 radical (unpaired) electrons. The van der Waals surface area contributed by atoms with Crippen LogP contribution in [0.25, 0.3) is 11.1 Å². The van der Waals surface area contributed by atoms with Crippen LogP contribution in [0.5, 0.6) is 11.9 Å². The monoisotopic (exact) mass is 448 g/mol. The van der Waals surface area contributed by atoms with Gasteiger partial charge in [-0.3, -0.25) is 9.69 Å². The number of rotatable bonds is 8. The van der Waals surface area contributed by atoms with Gasteiger partial charge in [0.1, 0.15) is 12.6 Å². The lowest BCUT2D eigenvalue weighted by atomic mass is 9.97. The van der Waals surface area contributed by atoms with Crippen LogP contribution in [0.1, 0.15) is 16.7 Å². The molecule has 2 N–H and O–H groups in total. The Kier molecular flexibility index (Phi) is 7.16. The average Bonchev–Trinajstić information content (AvgIpc) is 2.85. The van der Waals surface area contributed by atoms with Gasteiger partial charge in [0, 0.05) is 37.9 Å². The molecule has 1 fully saturated rings. The summed E-state index contributed by atoms with van der Waals surface area (Å²) in [6.45, 7) is 4.55. The lowest BCUT2D eigenvalue weighted by Crippen LogP contribution is -2.54. The van der Waals surface area contributed by atoms with Crippen molar-refractivity contribution in [2.45, 2.75) is 26.1 Å². The van der Waals surface area contributed by atoms with Crippen LogP contribution in [0.2, 0.25) is 0 Å². The molecule has 2 aromatic carbocycles. The number of carboxylic acid groups (broad SMARTS) is 1. The highest BCUT2D eigenvalue weighted by molar-refractivity contribution is 5.74. The Morgan fingerprint density at radius 2 is 2.00 bits per heavy atom. The van der Waals surface area contributed by atoms with Crippen molar-refractivity contribution < 1.29 is 19.4 Å². The number of carboxylic acids is 1. The Morgan fingerprint density at radius 3 is 2.76 bits per heavy atom. The van der Waals surface area contributed by atoms with Gasteiger partial charge in [-0.15, -0.1) is 0 Å².